The molecule has 2 aromatic rings. The summed E-state index contributed by atoms with van der Waals surface area (Å²) < 4.78 is 7.45. The number of carbonyl (C=O) groups is 1. The van der Waals surface area contributed by atoms with Crippen LogP contribution in [0.3, 0.4) is 0 Å². The van der Waals surface area contributed by atoms with Gasteiger partial charge in [0.2, 0.25) is 11.9 Å². The van der Waals surface area contributed by atoms with Gasteiger partial charge in [0.15, 0.2) is 5.16 Å². The number of anilines is 2. The van der Waals surface area contributed by atoms with Crippen molar-refractivity contribution in [3.05, 3.63) is 28.8 Å². The van der Waals surface area contributed by atoms with Crippen LogP contribution in [0.25, 0.3) is 0 Å². The van der Waals surface area contributed by atoms with E-state index in [9.17, 15) is 4.79 Å². The molecule has 0 aliphatic carbocycles. The summed E-state index contributed by atoms with van der Waals surface area (Å²) in [6.07, 6.45) is 0. The number of ether oxygens (including phenoxy) is 1. The second-order valence-electron chi connectivity index (χ2n) is 6.29. The van der Waals surface area contributed by atoms with E-state index in [4.69, 9.17) is 16.3 Å². The molecule has 1 fully saturated rings. The molecule has 1 amide bonds. The number of amides is 1. The topological polar surface area (TPSA) is 72.3 Å². The van der Waals surface area contributed by atoms with E-state index in [1.165, 1.54) is 11.8 Å². The molecule has 146 valence electrons. The molecule has 3 rings (SSSR count). The van der Waals surface area contributed by atoms with Crippen molar-refractivity contribution >= 4 is 40.9 Å². The van der Waals surface area contributed by atoms with E-state index in [0.29, 0.717) is 18.2 Å². The van der Waals surface area contributed by atoms with Crippen molar-refractivity contribution in [2.45, 2.75) is 37.7 Å². The monoisotopic (exact) mass is 409 g/mol. The van der Waals surface area contributed by atoms with Crippen LogP contribution in [0.2, 0.25) is 5.02 Å². The second-order valence-corrected chi connectivity index (χ2v) is 8.00. The third-order valence-corrected chi connectivity index (χ3v) is 5.97. The van der Waals surface area contributed by atoms with Gasteiger partial charge >= 0.3 is 0 Å². The van der Waals surface area contributed by atoms with Crippen LogP contribution in [0.5, 0.6) is 0 Å². The van der Waals surface area contributed by atoms with Gasteiger partial charge in [-0.3, -0.25) is 9.36 Å². The molecular formula is C18H24ClN5O2S. The van der Waals surface area contributed by atoms with Crippen molar-refractivity contribution in [3.8, 4) is 0 Å². The summed E-state index contributed by atoms with van der Waals surface area (Å²) >= 11 is 7.53. The number of hydrogen-bond donors (Lipinski definition) is 1. The van der Waals surface area contributed by atoms with Crippen LogP contribution in [-0.2, 0) is 16.1 Å². The van der Waals surface area contributed by atoms with Crippen LogP contribution in [0.15, 0.2) is 23.4 Å². The maximum absolute atomic E-state index is 12.6. The van der Waals surface area contributed by atoms with Gasteiger partial charge in [0.25, 0.3) is 0 Å². The lowest BCUT2D eigenvalue weighted by atomic mass is 10.2. The lowest BCUT2D eigenvalue weighted by Gasteiger charge is -2.27. The fraction of sp³-hybridized carbons (Fsp3) is 0.500. The van der Waals surface area contributed by atoms with E-state index in [2.05, 4.69) is 27.3 Å². The van der Waals surface area contributed by atoms with Crippen molar-refractivity contribution in [1.29, 1.82) is 0 Å². The minimum Gasteiger partial charge on any atom is -0.378 e. The molecule has 0 bridgehead atoms. The summed E-state index contributed by atoms with van der Waals surface area (Å²) in [5.41, 5.74) is 1.59. The second kappa shape index (κ2) is 8.95. The molecule has 0 radical (unpaired) electrons. The molecule has 27 heavy (non-hydrogen) atoms. The van der Waals surface area contributed by atoms with Crippen molar-refractivity contribution in [3.63, 3.8) is 0 Å². The number of nitrogens with one attached hydrogen (secondary N) is 1. The minimum atomic E-state index is -0.324. The Labute approximate surface area is 168 Å². The van der Waals surface area contributed by atoms with Gasteiger partial charge in [-0.25, -0.2) is 0 Å². The number of halogens is 1. The Hall–Kier alpha value is -1.77. The van der Waals surface area contributed by atoms with Crippen LogP contribution < -0.4 is 10.2 Å². The van der Waals surface area contributed by atoms with Crippen molar-refractivity contribution in [2.24, 2.45) is 0 Å². The van der Waals surface area contributed by atoms with Gasteiger partial charge in [0.05, 0.1) is 18.5 Å². The van der Waals surface area contributed by atoms with E-state index in [-0.39, 0.29) is 11.2 Å². The highest BCUT2D eigenvalue weighted by Crippen LogP contribution is 2.28. The highest BCUT2D eigenvalue weighted by Gasteiger charge is 2.23. The molecule has 1 N–H and O–H groups in total. The molecule has 9 heteroatoms. The van der Waals surface area contributed by atoms with E-state index < -0.39 is 0 Å². The number of benzene rings is 1. The number of aromatic nitrogens is 3. The van der Waals surface area contributed by atoms with Gasteiger partial charge < -0.3 is 15.0 Å². The van der Waals surface area contributed by atoms with E-state index in [1.807, 2.05) is 36.6 Å². The first-order valence-electron chi connectivity index (χ1n) is 8.99. The van der Waals surface area contributed by atoms with E-state index in [1.54, 1.807) is 0 Å². The summed E-state index contributed by atoms with van der Waals surface area (Å²) in [7, 11) is 0. The SMILES string of the molecule is CCn1c(SC(C)C(=O)Nc2cccc(Cl)c2C)nnc1N1CCOCC1. The highest BCUT2D eigenvalue weighted by atomic mass is 35.5. The highest BCUT2D eigenvalue weighted by molar-refractivity contribution is 8.00. The quantitative estimate of drug-likeness (QED) is 0.738. The predicted molar refractivity (Wildman–Crippen MR) is 109 cm³/mol. The first-order chi connectivity index (χ1) is 13.0. The van der Waals surface area contributed by atoms with Crippen LogP contribution >= 0.6 is 23.4 Å². The number of rotatable bonds is 6. The summed E-state index contributed by atoms with van der Waals surface area (Å²) in [4.78, 5) is 14.8. The Morgan fingerprint density at radius 2 is 2.11 bits per heavy atom. The van der Waals surface area contributed by atoms with Gasteiger partial charge in [-0.2, -0.15) is 0 Å². The van der Waals surface area contributed by atoms with Gasteiger partial charge in [-0.15, -0.1) is 10.2 Å². The Balaban J connectivity index is 1.69. The predicted octanol–water partition coefficient (Wildman–Crippen LogP) is 3.22. The number of thioether (sulfide) groups is 1. The molecule has 1 aromatic heterocycles. The lowest BCUT2D eigenvalue weighted by Crippen LogP contribution is -2.38. The molecule has 0 saturated carbocycles. The summed E-state index contributed by atoms with van der Waals surface area (Å²) in [5, 5.41) is 12.7. The zero-order valence-corrected chi connectivity index (χ0v) is 17.3. The first-order valence-corrected chi connectivity index (χ1v) is 10.3. The number of hydrogen-bond acceptors (Lipinski definition) is 6. The van der Waals surface area contributed by atoms with Crippen molar-refractivity contribution in [2.75, 3.05) is 36.5 Å². The minimum absolute atomic E-state index is 0.0936. The van der Waals surface area contributed by atoms with Gasteiger partial charge in [0, 0.05) is 30.3 Å². The maximum atomic E-state index is 12.6. The van der Waals surface area contributed by atoms with Crippen LogP contribution in [0.1, 0.15) is 19.4 Å². The number of morpholine rings is 1. The molecular weight excluding hydrogens is 386 g/mol. The fourth-order valence-electron chi connectivity index (χ4n) is 2.83. The van der Waals surface area contributed by atoms with Gasteiger partial charge in [-0.05, 0) is 38.5 Å². The molecule has 1 aliphatic heterocycles. The Kier molecular flexibility index (Phi) is 6.62. The lowest BCUT2D eigenvalue weighted by molar-refractivity contribution is -0.115. The van der Waals surface area contributed by atoms with Crippen molar-refractivity contribution in [1.82, 2.24) is 14.8 Å². The average molecular weight is 410 g/mol. The Morgan fingerprint density at radius 3 is 2.81 bits per heavy atom. The van der Waals surface area contributed by atoms with E-state index in [0.717, 1.165) is 42.0 Å². The Bertz CT molecular complexity index is 807. The van der Waals surface area contributed by atoms with E-state index >= 15 is 0 Å². The number of carbonyl (C=O) groups excluding carboxylic acids is 1. The molecule has 0 spiro atoms. The third kappa shape index (κ3) is 4.56. The largest absolute Gasteiger partial charge is 0.378 e. The standard InChI is InChI=1S/C18H24ClN5O2S/c1-4-24-17(23-8-10-26-11-9-23)21-22-18(24)27-13(3)16(25)20-15-7-5-6-14(19)12(15)2/h5-7,13H,4,8-11H2,1-3H3,(H,20,25). The van der Waals surface area contributed by atoms with Crippen LogP contribution in [0.4, 0.5) is 11.6 Å². The zero-order chi connectivity index (χ0) is 19.4. The first kappa shape index (κ1) is 20.0. The number of nitrogens with zero attached hydrogens (tertiary/aromatic N) is 4. The molecule has 1 saturated heterocycles. The molecule has 1 aliphatic rings. The normalized spacial score (nSPS) is 15.6. The van der Waals surface area contributed by atoms with Gasteiger partial charge in [0.1, 0.15) is 0 Å². The van der Waals surface area contributed by atoms with Gasteiger partial charge in [-0.1, -0.05) is 29.4 Å². The average Bonchev–Trinajstić information content (AvgIpc) is 3.08. The zero-order valence-electron chi connectivity index (χ0n) is 15.7. The molecule has 2 heterocycles. The van der Waals surface area contributed by atoms with Crippen molar-refractivity contribution < 1.29 is 9.53 Å². The fourth-order valence-corrected chi connectivity index (χ4v) is 3.91. The van der Waals surface area contributed by atoms with Crippen LogP contribution in [-0.4, -0.2) is 52.2 Å². The molecule has 1 aromatic carbocycles. The summed E-state index contributed by atoms with van der Waals surface area (Å²) in [6.45, 7) is 9.52. The molecule has 1 unspecified atom stereocenters. The summed E-state index contributed by atoms with van der Waals surface area (Å²) in [6, 6.07) is 5.48. The van der Waals surface area contributed by atoms with Crippen LogP contribution in [0, 0.1) is 6.92 Å². The molecule has 1 atom stereocenters. The Morgan fingerprint density at radius 1 is 1.37 bits per heavy atom. The maximum Gasteiger partial charge on any atom is 0.237 e. The molecule has 7 nitrogen and oxygen atoms in total. The summed E-state index contributed by atoms with van der Waals surface area (Å²) in [5.74, 6) is 0.741. The third-order valence-electron chi connectivity index (χ3n) is 4.48. The smallest absolute Gasteiger partial charge is 0.237 e.